The second-order valence-corrected chi connectivity index (χ2v) is 9.81. The van der Waals surface area contributed by atoms with Crippen molar-refractivity contribution < 1.29 is 4.39 Å². The van der Waals surface area contributed by atoms with Crippen molar-refractivity contribution >= 4 is 0 Å². The number of hydrogen-bond donors (Lipinski definition) is 0. The van der Waals surface area contributed by atoms with Gasteiger partial charge in [-0.15, -0.1) is 0 Å². The van der Waals surface area contributed by atoms with Crippen LogP contribution in [0.2, 0.25) is 0 Å². The molecule has 3 aliphatic rings. The molecule has 3 saturated carbocycles. The summed E-state index contributed by atoms with van der Waals surface area (Å²) in [5, 5.41) is 0. The largest absolute Gasteiger partial charge is 0.247 e. The molecule has 1 heteroatoms. The van der Waals surface area contributed by atoms with Crippen LogP contribution < -0.4 is 0 Å². The smallest absolute Gasteiger partial charge is 0.103 e. The van der Waals surface area contributed by atoms with E-state index < -0.39 is 6.17 Å². The Morgan fingerprint density at radius 3 is 1.70 bits per heavy atom. The summed E-state index contributed by atoms with van der Waals surface area (Å²) >= 11 is 0. The second-order valence-electron chi connectivity index (χ2n) is 9.81. The van der Waals surface area contributed by atoms with Crippen molar-refractivity contribution in [2.75, 3.05) is 0 Å². The third-order valence-corrected chi connectivity index (χ3v) is 8.33. The molecule has 0 bridgehead atoms. The number of hydrogen-bond acceptors (Lipinski definition) is 0. The van der Waals surface area contributed by atoms with Crippen LogP contribution in [-0.4, -0.2) is 6.17 Å². The fourth-order valence-corrected chi connectivity index (χ4v) is 6.29. The van der Waals surface area contributed by atoms with E-state index in [1.165, 1.54) is 44.9 Å². The van der Waals surface area contributed by atoms with Gasteiger partial charge in [0.2, 0.25) is 0 Å². The van der Waals surface area contributed by atoms with Gasteiger partial charge in [0.1, 0.15) is 6.17 Å². The van der Waals surface area contributed by atoms with Crippen LogP contribution in [0.15, 0.2) is 0 Å². The standard InChI is InChI=1S/C22H39F/c1-14-5-7-18(11-16(14)3)19-9-10-21(17(4)12-19)20-8-6-15(2)22(23)13-20/h14-22H,5-13H2,1-4H3. The first-order valence-corrected chi connectivity index (χ1v) is 10.6. The highest BCUT2D eigenvalue weighted by Crippen LogP contribution is 2.49. The van der Waals surface area contributed by atoms with E-state index in [1.54, 1.807) is 0 Å². The summed E-state index contributed by atoms with van der Waals surface area (Å²) in [4.78, 5) is 0. The first-order valence-electron chi connectivity index (χ1n) is 10.6. The van der Waals surface area contributed by atoms with Crippen molar-refractivity contribution in [3.05, 3.63) is 0 Å². The highest BCUT2D eigenvalue weighted by atomic mass is 19.1. The molecule has 0 aromatic rings. The summed E-state index contributed by atoms with van der Waals surface area (Å²) in [6.07, 6.45) is 11.4. The monoisotopic (exact) mass is 322 g/mol. The molecule has 9 unspecified atom stereocenters. The van der Waals surface area contributed by atoms with E-state index in [1.807, 2.05) is 0 Å². The molecule has 134 valence electrons. The van der Waals surface area contributed by atoms with Crippen molar-refractivity contribution in [1.29, 1.82) is 0 Å². The third kappa shape index (κ3) is 3.96. The summed E-state index contributed by atoms with van der Waals surface area (Å²) < 4.78 is 14.2. The van der Waals surface area contributed by atoms with E-state index in [0.29, 0.717) is 11.8 Å². The van der Waals surface area contributed by atoms with Crippen LogP contribution in [0.1, 0.15) is 85.5 Å². The summed E-state index contributed by atoms with van der Waals surface area (Å²) in [6.45, 7) is 9.50. The van der Waals surface area contributed by atoms with Crippen LogP contribution in [0.5, 0.6) is 0 Å². The molecular weight excluding hydrogens is 283 g/mol. The molecule has 0 aromatic heterocycles. The second kappa shape index (κ2) is 7.44. The van der Waals surface area contributed by atoms with E-state index in [0.717, 1.165) is 48.3 Å². The Morgan fingerprint density at radius 1 is 0.522 bits per heavy atom. The van der Waals surface area contributed by atoms with Gasteiger partial charge in [0, 0.05) is 0 Å². The maximum absolute atomic E-state index is 14.2. The van der Waals surface area contributed by atoms with Crippen molar-refractivity contribution in [3.63, 3.8) is 0 Å². The molecule has 9 atom stereocenters. The Kier molecular flexibility index (Phi) is 5.74. The molecule has 0 aliphatic heterocycles. The molecule has 0 nitrogen and oxygen atoms in total. The van der Waals surface area contributed by atoms with Crippen LogP contribution in [0.4, 0.5) is 4.39 Å². The van der Waals surface area contributed by atoms with E-state index >= 15 is 0 Å². The zero-order chi connectivity index (χ0) is 16.6. The van der Waals surface area contributed by atoms with Gasteiger partial charge in [0.05, 0.1) is 0 Å². The highest BCUT2D eigenvalue weighted by molar-refractivity contribution is 4.90. The normalized spacial score (nSPS) is 52.3. The lowest BCUT2D eigenvalue weighted by Crippen LogP contribution is -2.37. The topological polar surface area (TPSA) is 0 Å². The van der Waals surface area contributed by atoms with Crippen LogP contribution in [0.3, 0.4) is 0 Å². The lowest BCUT2D eigenvalue weighted by Gasteiger charge is -2.45. The molecule has 3 rings (SSSR count). The fraction of sp³-hybridized carbons (Fsp3) is 1.00. The molecule has 0 saturated heterocycles. The molecule has 0 heterocycles. The van der Waals surface area contributed by atoms with Crippen LogP contribution in [0.25, 0.3) is 0 Å². The van der Waals surface area contributed by atoms with Gasteiger partial charge in [-0.25, -0.2) is 4.39 Å². The summed E-state index contributed by atoms with van der Waals surface area (Å²) in [7, 11) is 0. The molecule has 23 heavy (non-hydrogen) atoms. The van der Waals surface area contributed by atoms with Gasteiger partial charge < -0.3 is 0 Å². The van der Waals surface area contributed by atoms with Gasteiger partial charge >= 0.3 is 0 Å². The van der Waals surface area contributed by atoms with Gasteiger partial charge in [-0.2, -0.15) is 0 Å². The zero-order valence-corrected chi connectivity index (χ0v) is 15.9. The van der Waals surface area contributed by atoms with Crippen molar-refractivity contribution in [3.8, 4) is 0 Å². The molecule has 0 radical (unpaired) electrons. The SMILES string of the molecule is CC1CCC(C2CCC(C3CCC(C)C(F)C3)C(C)C2)CC1C. The number of alkyl halides is 1. The number of rotatable bonds is 2. The minimum Gasteiger partial charge on any atom is -0.247 e. The average molecular weight is 323 g/mol. The lowest BCUT2D eigenvalue weighted by molar-refractivity contribution is 0.0339. The molecule has 3 fully saturated rings. The van der Waals surface area contributed by atoms with Crippen LogP contribution >= 0.6 is 0 Å². The summed E-state index contributed by atoms with van der Waals surface area (Å²) in [5.41, 5.74) is 0. The van der Waals surface area contributed by atoms with E-state index in [4.69, 9.17) is 0 Å². The maximum Gasteiger partial charge on any atom is 0.103 e. The molecule has 0 spiro atoms. The summed E-state index contributed by atoms with van der Waals surface area (Å²) in [6, 6.07) is 0. The Hall–Kier alpha value is -0.0700. The predicted octanol–water partition coefficient (Wildman–Crippen LogP) is 6.89. The molecule has 3 aliphatic carbocycles. The Labute approximate surface area is 144 Å². The summed E-state index contributed by atoms with van der Waals surface area (Å²) in [5.74, 6) is 6.46. The lowest BCUT2D eigenvalue weighted by atomic mass is 9.60. The molecule has 0 N–H and O–H groups in total. The van der Waals surface area contributed by atoms with Crippen LogP contribution in [-0.2, 0) is 0 Å². The Bertz CT molecular complexity index is 378. The van der Waals surface area contributed by atoms with E-state index in [2.05, 4.69) is 27.7 Å². The number of halogens is 1. The third-order valence-electron chi connectivity index (χ3n) is 8.33. The fourth-order valence-electron chi connectivity index (χ4n) is 6.29. The minimum absolute atomic E-state index is 0.309. The van der Waals surface area contributed by atoms with Crippen LogP contribution in [0, 0.1) is 47.3 Å². The predicted molar refractivity (Wildman–Crippen MR) is 97.1 cm³/mol. The average Bonchev–Trinajstić information content (AvgIpc) is 2.53. The van der Waals surface area contributed by atoms with Gasteiger partial charge in [-0.1, -0.05) is 34.1 Å². The molecule has 0 amide bonds. The minimum atomic E-state index is -0.528. The van der Waals surface area contributed by atoms with Crippen molar-refractivity contribution in [2.24, 2.45) is 47.3 Å². The first-order chi connectivity index (χ1) is 11.0. The first kappa shape index (κ1) is 17.7. The van der Waals surface area contributed by atoms with Gasteiger partial charge in [0.25, 0.3) is 0 Å². The van der Waals surface area contributed by atoms with E-state index in [9.17, 15) is 4.39 Å². The maximum atomic E-state index is 14.2. The van der Waals surface area contributed by atoms with Gasteiger partial charge in [0.15, 0.2) is 0 Å². The van der Waals surface area contributed by atoms with Gasteiger partial charge in [-0.05, 0) is 98.7 Å². The molecule has 0 aromatic carbocycles. The van der Waals surface area contributed by atoms with E-state index in [-0.39, 0.29) is 0 Å². The molecular formula is C22H39F. The Balaban J connectivity index is 1.53. The van der Waals surface area contributed by atoms with Crippen molar-refractivity contribution in [2.45, 2.75) is 91.7 Å². The highest BCUT2D eigenvalue weighted by Gasteiger charge is 2.40. The quantitative estimate of drug-likeness (QED) is 0.519. The van der Waals surface area contributed by atoms with Gasteiger partial charge in [-0.3, -0.25) is 0 Å². The van der Waals surface area contributed by atoms with Crippen molar-refractivity contribution in [1.82, 2.24) is 0 Å². The zero-order valence-electron chi connectivity index (χ0n) is 15.9. The Morgan fingerprint density at radius 2 is 1.09 bits per heavy atom.